The number of nitrogens with zero attached hydrogens (tertiary/aromatic N) is 5. The van der Waals surface area contributed by atoms with Crippen LogP contribution >= 0.6 is 0 Å². The van der Waals surface area contributed by atoms with Crippen molar-refractivity contribution in [1.29, 1.82) is 0 Å². The highest BCUT2D eigenvalue weighted by Gasteiger charge is 2.36. The summed E-state index contributed by atoms with van der Waals surface area (Å²) in [4.78, 5) is 15.8. The van der Waals surface area contributed by atoms with Crippen molar-refractivity contribution < 1.29 is 4.74 Å². The number of H-pyrrole nitrogens is 1. The lowest BCUT2D eigenvalue weighted by atomic mass is 9.93. The number of fused-ring (bicyclic) bond motifs is 2. The molecule has 0 spiro atoms. The van der Waals surface area contributed by atoms with Gasteiger partial charge in [0.2, 0.25) is 0 Å². The predicted octanol–water partition coefficient (Wildman–Crippen LogP) is 6.72. The number of hydrogen-bond donors (Lipinski definition) is 1. The molecule has 2 aromatic carbocycles. The lowest BCUT2D eigenvalue weighted by Gasteiger charge is -2.45. The van der Waals surface area contributed by atoms with E-state index in [9.17, 15) is 0 Å². The van der Waals surface area contributed by atoms with Crippen LogP contribution in [0.2, 0.25) is 0 Å². The number of benzene rings is 2. The minimum absolute atomic E-state index is 0.276. The molecule has 3 atom stereocenters. The fourth-order valence-corrected chi connectivity index (χ4v) is 6.81. The third-order valence-electron chi connectivity index (χ3n) is 9.07. The average Bonchev–Trinajstić information content (AvgIpc) is 3.41. The second-order valence-corrected chi connectivity index (χ2v) is 12.2. The number of rotatable bonds is 5. The molecule has 40 heavy (non-hydrogen) atoms. The van der Waals surface area contributed by atoms with Gasteiger partial charge in [-0.3, -0.25) is 5.10 Å². The first-order chi connectivity index (χ1) is 19.2. The Morgan fingerprint density at radius 1 is 1.00 bits per heavy atom. The Balaban J connectivity index is 1.50. The molecule has 4 heterocycles. The minimum atomic E-state index is 0.276. The van der Waals surface area contributed by atoms with Crippen LogP contribution in [0.5, 0.6) is 0 Å². The van der Waals surface area contributed by atoms with Gasteiger partial charge in [0.1, 0.15) is 5.82 Å². The molecule has 2 aliphatic heterocycles. The largest absolute Gasteiger partial charge is 0.381 e. The standard InChI is InChI=1S/C33H42N6O/c1-19(2)24-10-8-20(3)30(16-24)38-13-12-28-27(18-38)33(39-22(5)14-25(40-7)15-23(39)6)36-32(35-28)31-21(4)9-11-29-26(31)17-34-37-29/h8-11,16-17,19,22-23,25H,12-15,18H2,1-7H3,(H,34,37)/t22-,23+,25?. The number of methoxy groups -OCH3 is 1. The molecule has 0 radical (unpaired) electrons. The monoisotopic (exact) mass is 538 g/mol. The molecular formula is C33H42N6O. The molecule has 0 bridgehead atoms. The molecule has 1 unspecified atom stereocenters. The summed E-state index contributed by atoms with van der Waals surface area (Å²) in [5.74, 6) is 2.38. The van der Waals surface area contributed by atoms with Gasteiger partial charge in [-0.25, -0.2) is 9.97 Å². The number of ether oxygens (including phenoxy) is 1. The third kappa shape index (κ3) is 4.64. The van der Waals surface area contributed by atoms with E-state index in [2.05, 4.69) is 91.9 Å². The second kappa shape index (κ2) is 10.5. The van der Waals surface area contributed by atoms with E-state index in [0.717, 1.165) is 66.0 Å². The van der Waals surface area contributed by atoms with E-state index in [1.54, 1.807) is 0 Å². The van der Waals surface area contributed by atoms with Gasteiger partial charge in [-0.2, -0.15) is 5.10 Å². The number of nitrogens with one attached hydrogen (secondary N) is 1. The molecule has 1 fully saturated rings. The fraction of sp³-hybridized carbons (Fsp3) is 0.485. The molecule has 7 heteroatoms. The fourth-order valence-electron chi connectivity index (χ4n) is 6.81. The van der Waals surface area contributed by atoms with Crippen LogP contribution in [0.25, 0.3) is 22.3 Å². The van der Waals surface area contributed by atoms with Gasteiger partial charge in [0.05, 0.1) is 23.5 Å². The number of aromatic amines is 1. The zero-order valence-electron chi connectivity index (χ0n) is 25.0. The predicted molar refractivity (Wildman–Crippen MR) is 163 cm³/mol. The van der Waals surface area contributed by atoms with Gasteiger partial charge in [0.15, 0.2) is 5.82 Å². The third-order valence-corrected chi connectivity index (χ3v) is 9.07. The molecule has 0 saturated carbocycles. The Bertz CT molecular complexity index is 1530. The van der Waals surface area contributed by atoms with E-state index in [1.807, 2.05) is 13.3 Å². The topological polar surface area (TPSA) is 70.2 Å². The van der Waals surface area contributed by atoms with E-state index in [1.165, 1.54) is 28.1 Å². The average molecular weight is 539 g/mol. The van der Waals surface area contributed by atoms with Crippen molar-refractivity contribution in [3.63, 3.8) is 0 Å². The first kappa shape index (κ1) is 26.8. The van der Waals surface area contributed by atoms with Crippen LogP contribution in [0.4, 0.5) is 11.5 Å². The summed E-state index contributed by atoms with van der Waals surface area (Å²) in [5.41, 5.74) is 9.70. The van der Waals surface area contributed by atoms with E-state index < -0.39 is 0 Å². The van der Waals surface area contributed by atoms with Gasteiger partial charge < -0.3 is 14.5 Å². The summed E-state index contributed by atoms with van der Waals surface area (Å²) >= 11 is 0. The lowest BCUT2D eigenvalue weighted by Crippen LogP contribution is -2.50. The van der Waals surface area contributed by atoms with Crippen LogP contribution in [0, 0.1) is 13.8 Å². The maximum Gasteiger partial charge on any atom is 0.162 e. The highest BCUT2D eigenvalue weighted by molar-refractivity contribution is 5.94. The van der Waals surface area contributed by atoms with Gasteiger partial charge in [-0.1, -0.05) is 32.0 Å². The molecular weight excluding hydrogens is 496 g/mol. The molecule has 1 N–H and O–H groups in total. The van der Waals surface area contributed by atoms with E-state index in [-0.39, 0.29) is 6.10 Å². The van der Waals surface area contributed by atoms with Crippen molar-refractivity contribution in [2.24, 2.45) is 0 Å². The Hall–Kier alpha value is -3.45. The molecule has 6 rings (SSSR count). The van der Waals surface area contributed by atoms with Gasteiger partial charge in [-0.15, -0.1) is 0 Å². The van der Waals surface area contributed by atoms with Crippen LogP contribution in [0.15, 0.2) is 36.5 Å². The zero-order valence-corrected chi connectivity index (χ0v) is 25.0. The Morgan fingerprint density at radius 2 is 1.75 bits per heavy atom. The van der Waals surface area contributed by atoms with Crippen LogP contribution in [0.1, 0.15) is 74.4 Å². The molecule has 2 aromatic heterocycles. The van der Waals surface area contributed by atoms with Crippen molar-refractivity contribution in [3.05, 3.63) is 64.5 Å². The van der Waals surface area contributed by atoms with Gasteiger partial charge >= 0.3 is 0 Å². The zero-order chi connectivity index (χ0) is 28.1. The highest BCUT2D eigenvalue weighted by Crippen LogP contribution is 2.39. The van der Waals surface area contributed by atoms with Crippen LogP contribution in [0.3, 0.4) is 0 Å². The smallest absolute Gasteiger partial charge is 0.162 e. The van der Waals surface area contributed by atoms with Crippen LogP contribution in [-0.2, 0) is 17.7 Å². The first-order valence-electron chi connectivity index (χ1n) is 14.7. The molecule has 2 aliphatic rings. The Kier molecular flexibility index (Phi) is 7.03. The summed E-state index contributed by atoms with van der Waals surface area (Å²) in [6.45, 7) is 15.3. The lowest BCUT2D eigenvalue weighted by molar-refractivity contribution is 0.0611. The molecule has 0 aliphatic carbocycles. The van der Waals surface area contributed by atoms with Crippen molar-refractivity contribution in [2.45, 2.75) is 91.5 Å². The minimum Gasteiger partial charge on any atom is -0.381 e. The van der Waals surface area contributed by atoms with Gasteiger partial charge in [-0.05, 0) is 75.3 Å². The SMILES string of the molecule is COC1C[C@@H](C)N(c2nc(-c3c(C)ccc4[nH]ncc34)nc3c2CN(c2cc(C(C)C)ccc2C)CC3)[C@@H](C)C1. The van der Waals surface area contributed by atoms with Crippen molar-refractivity contribution in [1.82, 2.24) is 20.2 Å². The number of piperidine rings is 1. The maximum atomic E-state index is 5.82. The summed E-state index contributed by atoms with van der Waals surface area (Å²) in [5, 5.41) is 8.53. The summed E-state index contributed by atoms with van der Waals surface area (Å²) < 4.78 is 5.82. The van der Waals surface area contributed by atoms with Gasteiger partial charge in [0, 0.05) is 60.9 Å². The molecule has 210 valence electrons. The summed E-state index contributed by atoms with van der Waals surface area (Å²) in [6, 6.07) is 11.8. The van der Waals surface area contributed by atoms with E-state index >= 15 is 0 Å². The summed E-state index contributed by atoms with van der Waals surface area (Å²) in [6.07, 6.45) is 5.05. The number of aromatic nitrogens is 4. The Morgan fingerprint density at radius 3 is 2.48 bits per heavy atom. The normalized spacial score (nSPS) is 21.4. The summed E-state index contributed by atoms with van der Waals surface area (Å²) in [7, 11) is 1.84. The number of anilines is 2. The molecule has 7 nitrogen and oxygen atoms in total. The molecule has 0 amide bonds. The number of hydrogen-bond acceptors (Lipinski definition) is 6. The molecule has 1 saturated heterocycles. The van der Waals surface area contributed by atoms with E-state index in [4.69, 9.17) is 14.7 Å². The van der Waals surface area contributed by atoms with Gasteiger partial charge in [0.25, 0.3) is 0 Å². The van der Waals surface area contributed by atoms with Crippen molar-refractivity contribution >= 4 is 22.4 Å². The second-order valence-electron chi connectivity index (χ2n) is 12.2. The first-order valence-corrected chi connectivity index (χ1v) is 14.7. The number of aryl methyl sites for hydroxylation is 2. The van der Waals surface area contributed by atoms with Crippen LogP contribution in [-0.4, -0.2) is 52.0 Å². The van der Waals surface area contributed by atoms with Crippen molar-refractivity contribution in [2.75, 3.05) is 23.5 Å². The Labute approximate surface area is 238 Å². The maximum absolute atomic E-state index is 5.82. The van der Waals surface area contributed by atoms with Crippen molar-refractivity contribution in [3.8, 4) is 11.4 Å². The van der Waals surface area contributed by atoms with E-state index in [0.29, 0.717) is 18.0 Å². The quantitative estimate of drug-likeness (QED) is 0.304. The highest BCUT2D eigenvalue weighted by atomic mass is 16.5. The molecule has 4 aromatic rings. The van der Waals surface area contributed by atoms with Crippen LogP contribution < -0.4 is 9.80 Å².